The molecule has 1 aliphatic carbocycles. The molecule has 1 spiro atoms. The van der Waals surface area contributed by atoms with Gasteiger partial charge in [0.1, 0.15) is 17.5 Å². The van der Waals surface area contributed by atoms with Crippen LogP contribution in [-0.4, -0.2) is 42.1 Å². The molecule has 158 valence electrons. The van der Waals surface area contributed by atoms with Crippen LogP contribution in [0.15, 0.2) is 24.8 Å². The van der Waals surface area contributed by atoms with Crippen LogP contribution < -0.4 is 5.32 Å². The normalized spacial score (nSPS) is 18.7. The number of nitrogens with one attached hydrogen (secondary N) is 1. The highest BCUT2D eigenvalue weighted by atomic mass is 16.2. The molecular formula is C25H30N2O3. The van der Waals surface area contributed by atoms with Crippen molar-refractivity contribution in [2.75, 3.05) is 19.6 Å². The standard InChI is InChI=1S/C25H30N2O3/c1-5-7-19-13-17(3)22(18(4)14-19)23-20(28)15-25(16-21(23)29)8-11-27(12-9-25)24(30)26-10-6-2/h6,13-14,23H,2,8-12,15-16H2,1,3-4H3,(H,26,30). The van der Waals surface area contributed by atoms with E-state index in [1.54, 1.807) is 17.9 Å². The number of urea groups is 1. The number of likely N-dealkylation sites (tertiary alicyclic amines) is 1. The van der Waals surface area contributed by atoms with Gasteiger partial charge in [-0.15, -0.1) is 12.5 Å². The first kappa shape index (κ1) is 21.8. The van der Waals surface area contributed by atoms with Crippen molar-refractivity contribution in [2.45, 2.75) is 52.4 Å². The van der Waals surface area contributed by atoms with Gasteiger partial charge < -0.3 is 10.2 Å². The molecule has 1 aromatic carbocycles. The molecule has 5 nitrogen and oxygen atoms in total. The number of rotatable bonds is 3. The number of aryl methyl sites for hydroxylation is 2. The van der Waals surface area contributed by atoms with Crippen molar-refractivity contribution in [3.05, 3.63) is 47.0 Å². The van der Waals surface area contributed by atoms with Crippen molar-refractivity contribution in [2.24, 2.45) is 5.41 Å². The second-order valence-corrected chi connectivity index (χ2v) is 8.58. The van der Waals surface area contributed by atoms with Gasteiger partial charge in [0.05, 0.1) is 0 Å². The molecule has 1 aromatic rings. The predicted molar refractivity (Wildman–Crippen MR) is 117 cm³/mol. The monoisotopic (exact) mass is 406 g/mol. The van der Waals surface area contributed by atoms with Gasteiger partial charge in [0, 0.05) is 38.0 Å². The van der Waals surface area contributed by atoms with Gasteiger partial charge >= 0.3 is 6.03 Å². The SMILES string of the molecule is C=CCNC(=O)N1CCC2(CC1)CC(=O)C(c1c(C)cc(C#CC)cc1C)C(=O)C2. The molecule has 30 heavy (non-hydrogen) atoms. The summed E-state index contributed by atoms with van der Waals surface area (Å²) in [7, 11) is 0. The summed E-state index contributed by atoms with van der Waals surface area (Å²) in [5.41, 5.74) is 3.34. The van der Waals surface area contributed by atoms with E-state index >= 15 is 0 Å². The molecular weight excluding hydrogens is 376 g/mol. The summed E-state index contributed by atoms with van der Waals surface area (Å²) in [5, 5.41) is 2.79. The Bertz CT molecular complexity index is 900. The van der Waals surface area contributed by atoms with Crippen molar-refractivity contribution in [3.8, 4) is 11.8 Å². The molecule has 0 aromatic heterocycles. The number of amides is 2. The molecule has 2 aliphatic rings. The first-order valence-corrected chi connectivity index (χ1v) is 10.5. The van der Waals surface area contributed by atoms with Crippen LogP contribution >= 0.6 is 0 Å². The average molecular weight is 407 g/mol. The lowest BCUT2D eigenvalue weighted by Crippen LogP contribution is -2.50. The van der Waals surface area contributed by atoms with E-state index in [2.05, 4.69) is 23.7 Å². The number of nitrogens with zero attached hydrogens (tertiary/aromatic N) is 1. The highest BCUT2D eigenvalue weighted by molar-refractivity contribution is 6.10. The van der Waals surface area contributed by atoms with Crippen LogP contribution in [-0.2, 0) is 9.59 Å². The molecule has 1 saturated carbocycles. The van der Waals surface area contributed by atoms with E-state index in [-0.39, 0.29) is 23.0 Å². The zero-order valence-electron chi connectivity index (χ0n) is 18.1. The minimum absolute atomic E-state index is 0.0105. The lowest BCUT2D eigenvalue weighted by atomic mass is 9.62. The molecule has 0 bridgehead atoms. The molecule has 0 unspecified atom stereocenters. The number of carbonyl (C=O) groups is 3. The van der Waals surface area contributed by atoms with E-state index < -0.39 is 5.92 Å². The summed E-state index contributed by atoms with van der Waals surface area (Å²) < 4.78 is 0. The van der Waals surface area contributed by atoms with Gasteiger partial charge in [0.2, 0.25) is 0 Å². The zero-order chi connectivity index (χ0) is 21.9. The second-order valence-electron chi connectivity index (χ2n) is 8.58. The third kappa shape index (κ3) is 4.33. The Hall–Kier alpha value is -2.87. The van der Waals surface area contributed by atoms with Gasteiger partial charge in [-0.3, -0.25) is 9.59 Å². The first-order chi connectivity index (χ1) is 14.3. The fourth-order valence-electron chi connectivity index (χ4n) is 4.96. The summed E-state index contributed by atoms with van der Waals surface area (Å²) in [6, 6.07) is 3.81. The van der Waals surface area contributed by atoms with Crippen LogP contribution in [0.1, 0.15) is 60.8 Å². The van der Waals surface area contributed by atoms with E-state index in [0.717, 1.165) is 22.3 Å². The minimum atomic E-state index is -0.673. The molecule has 1 aliphatic heterocycles. The van der Waals surface area contributed by atoms with Gasteiger partial charge in [0.25, 0.3) is 0 Å². The summed E-state index contributed by atoms with van der Waals surface area (Å²) in [6.07, 6.45) is 3.82. The Morgan fingerprint density at radius 3 is 2.27 bits per heavy atom. The number of ketones is 2. The summed E-state index contributed by atoms with van der Waals surface area (Å²) in [6.45, 7) is 10.9. The van der Waals surface area contributed by atoms with Gasteiger partial charge in [-0.25, -0.2) is 4.79 Å². The molecule has 3 rings (SSSR count). The molecule has 1 N–H and O–H groups in total. The lowest BCUT2D eigenvalue weighted by molar-refractivity contribution is -0.138. The van der Waals surface area contributed by atoms with Crippen molar-refractivity contribution in [1.29, 1.82) is 0 Å². The van der Waals surface area contributed by atoms with Gasteiger partial charge in [0.15, 0.2) is 0 Å². The fraction of sp³-hybridized carbons (Fsp3) is 0.480. The third-order valence-electron chi connectivity index (χ3n) is 6.40. The van der Waals surface area contributed by atoms with Crippen molar-refractivity contribution in [1.82, 2.24) is 10.2 Å². The smallest absolute Gasteiger partial charge is 0.317 e. The van der Waals surface area contributed by atoms with Gasteiger partial charge in [-0.05, 0) is 67.9 Å². The van der Waals surface area contributed by atoms with E-state index in [4.69, 9.17) is 0 Å². The predicted octanol–water partition coefficient (Wildman–Crippen LogP) is 3.67. The van der Waals surface area contributed by atoms with Crippen molar-refractivity contribution >= 4 is 17.6 Å². The lowest BCUT2D eigenvalue weighted by Gasteiger charge is -2.44. The van der Waals surface area contributed by atoms with Crippen LogP contribution in [0.4, 0.5) is 4.79 Å². The minimum Gasteiger partial charge on any atom is -0.335 e. The number of Topliss-reactive ketones (excluding diaryl/α,β-unsaturated/α-hetero) is 2. The van der Waals surface area contributed by atoms with Gasteiger partial charge in [-0.2, -0.15) is 0 Å². The Kier molecular flexibility index (Phi) is 6.45. The van der Waals surface area contributed by atoms with Crippen LogP contribution in [0, 0.1) is 31.1 Å². The van der Waals surface area contributed by atoms with Crippen molar-refractivity contribution in [3.63, 3.8) is 0 Å². The van der Waals surface area contributed by atoms with E-state index in [1.807, 2.05) is 26.0 Å². The summed E-state index contributed by atoms with van der Waals surface area (Å²) in [4.78, 5) is 40.3. The summed E-state index contributed by atoms with van der Waals surface area (Å²) >= 11 is 0. The number of carbonyl (C=O) groups excluding carboxylic acids is 3. The third-order valence-corrected chi connectivity index (χ3v) is 6.40. The Balaban J connectivity index is 1.75. The molecule has 0 atom stereocenters. The topological polar surface area (TPSA) is 66.5 Å². The number of piperidine rings is 1. The van der Waals surface area contributed by atoms with Crippen LogP contribution in [0.2, 0.25) is 0 Å². The van der Waals surface area contributed by atoms with Crippen molar-refractivity contribution < 1.29 is 14.4 Å². The number of benzene rings is 1. The Morgan fingerprint density at radius 2 is 1.77 bits per heavy atom. The number of hydrogen-bond acceptors (Lipinski definition) is 3. The van der Waals surface area contributed by atoms with E-state index in [1.165, 1.54) is 0 Å². The molecule has 1 heterocycles. The van der Waals surface area contributed by atoms with Crippen LogP contribution in [0.3, 0.4) is 0 Å². The summed E-state index contributed by atoms with van der Waals surface area (Å²) in [5.74, 6) is 5.29. The molecule has 2 amide bonds. The van der Waals surface area contributed by atoms with Crippen LogP contribution in [0.5, 0.6) is 0 Å². The average Bonchev–Trinajstić information content (AvgIpc) is 2.68. The maximum absolute atomic E-state index is 13.2. The van der Waals surface area contributed by atoms with Gasteiger partial charge in [-0.1, -0.05) is 12.0 Å². The van der Waals surface area contributed by atoms with E-state index in [0.29, 0.717) is 45.3 Å². The van der Waals surface area contributed by atoms with Crippen LogP contribution in [0.25, 0.3) is 0 Å². The quantitative estimate of drug-likeness (QED) is 0.473. The molecule has 5 heteroatoms. The zero-order valence-corrected chi connectivity index (χ0v) is 18.1. The molecule has 2 fully saturated rings. The number of hydrogen-bond donors (Lipinski definition) is 1. The maximum Gasteiger partial charge on any atom is 0.317 e. The Morgan fingerprint density at radius 1 is 1.20 bits per heavy atom. The highest BCUT2D eigenvalue weighted by Gasteiger charge is 2.47. The molecule has 1 saturated heterocycles. The van der Waals surface area contributed by atoms with E-state index in [9.17, 15) is 14.4 Å². The maximum atomic E-state index is 13.2. The Labute approximate surface area is 178 Å². The highest BCUT2D eigenvalue weighted by Crippen LogP contribution is 2.46. The fourth-order valence-corrected chi connectivity index (χ4v) is 4.96. The largest absolute Gasteiger partial charge is 0.335 e. The second kappa shape index (κ2) is 8.87. The molecule has 0 radical (unpaired) electrons. The first-order valence-electron chi connectivity index (χ1n) is 10.5.